The SMILES string of the molecule is CC(CNC(=O)NC(C)c1nn[nH]n1)CC(=O)O. The first kappa shape index (κ1) is 13.9. The van der Waals surface area contributed by atoms with Gasteiger partial charge in [0.05, 0.1) is 6.04 Å². The van der Waals surface area contributed by atoms with Crippen LogP contribution in [0.25, 0.3) is 0 Å². The van der Waals surface area contributed by atoms with E-state index < -0.39 is 12.0 Å². The molecule has 18 heavy (non-hydrogen) atoms. The number of urea groups is 1. The molecule has 0 spiro atoms. The molecule has 0 radical (unpaired) electrons. The van der Waals surface area contributed by atoms with Crippen molar-refractivity contribution in [2.45, 2.75) is 26.3 Å². The zero-order valence-corrected chi connectivity index (χ0v) is 10.2. The molecule has 2 amide bonds. The number of aromatic amines is 1. The minimum Gasteiger partial charge on any atom is -0.481 e. The Bertz CT molecular complexity index is 393. The van der Waals surface area contributed by atoms with Gasteiger partial charge in [0.1, 0.15) is 0 Å². The number of tetrazole rings is 1. The second-order valence-electron chi connectivity index (χ2n) is 4.05. The highest BCUT2D eigenvalue weighted by molar-refractivity contribution is 5.74. The fraction of sp³-hybridized carbons (Fsp3) is 0.667. The third kappa shape index (κ3) is 4.76. The molecule has 0 saturated carbocycles. The number of carboxylic acids is 1. The van der Waals surface area contributed by atoms with E-state index in [1.54, 1.807) is 13.8 Å². The van der Waals surface area contributed by atoms with Gasteiger partial charge in [0.2, 0.25) is 0 Å². The molecule has 0 saturated heterocycles. The Labute approximate surface area is 103 Å². The summed E-state index contributed by atoms with van der Waals surface area (Å²) in [4.78, 5) is 21.9. The summed E-state index contributed by atoms with van der Waals surface area (Å²) in [5.74, 6) is -0.637. The van der Waals surface area contributed by atoms with Crippen molar-refractivity contribution in [2.75, 3.05) is 6.54 Å². The van der Waals surface area contributed by atoms with Gasteiger partial charge in [0.25, 0.3) is 0 Å². The highest BCUT2D eigenvalue weighted by Gasteiger charge is 2.14. The summed E-state index contributed by atoms with van der Waals surface area (Å²) in [7, 11) is 0. The number of amides is 2. The lowest BCUT2D eigenvalue weighted by Gasteiger charge is -2.13. The number of hydrogen-bond donors (Lipinski definition) is 4. The van der Waals surface area contributed by atoms with Gasteiger partial charge in [-0.15, -0.1) is 10.2 Å². The van der Waals surface area contributed by atoms with Gasteiger partial charge < -0.3 is 15.7 Å². The first-order chi connectivity index (χ1) is 8.49. The van der Waals surface area contributed by atoms with E-state index in [9.17, 15) is 9.59 Å². The Kier molecular flexibility index (Phi) is 5.03. The summed E-state index contributed by atoms with van der Waals surface area (Å²) in [5.41, 5.74) is 0. The van der Waals surface area contributed by atoms with E-state index >= 15 is 0 Å². The van der Waals surface area contributed by atoms with Gasteiger partial charge >= 0.3 is 12.0 Å². The van der Waals surface area contributed by atoms with Gasteiger partial charge in [-0.05, 0) is 12.8 Å². The lowest BCUT2D eigenvalue weighted by atomic mass is 10.1. The van der Waals surface area contributed by atoms with Crippen molar-refractivity contribution >= 4 is 12.0 Å². The van der Waals surface area contributed by atoms with E-state index in [-0.39, 0.29) is 24.9 Å². The topological polar surface area (TPSA) is 133 Å². The van der Waals surface area contributed by atoms with Crippen molar-refractivity contribution in [3.63, 3.8) is 0 Å². The first-order valence-electron chi connectivity index (χ1n) is 5.48. The highest BCUT2D eigenvalue weighted by atomic mass is 16.4. The molecule has 0 fully saturated rings. The molecule has 0 aliphatic rings. The number of hydrogen-bond acceptors (Lipinski definition) is 5. The molecule has 1 aromatic heterocycles. The minimum atomic E-state index is -0.884. The molecule has 1 rings (SSSR count). The van der Waals surface area contributed by atoms with Gasteiger partial charge in [0.15, 0.2) is 5.82 Å². The Morgan fingerprint density at radius 1 is 1.44 bits per heavy atom. The van der Waals surface area contributed by atoms with Crippen molar-refractivity contribution in [1.29, 1.82) is 0 Å². The van der Waals surface area contributed by atoms with Crippen molar-refractivity contribution in [3.05, 3.63) is 5.82 Å². The van der Waals surface area contributed by atoms with Gasteiger partial charge in [0, 0.05) is 13.0 Å². The lowest BCUT2D eigenvalue weighted by Crippen LogP contribution is -2.39. The normalized spacial score (nSPS) is 13.7. The van der Waals surface area contributed by atoms with Crippen LogP contribution in [-0.2, 0) is 4.79 Å². The summed E-state index contributed by atoms with van der Waals surface area (Å²) in [6.07, 6.45) is 0.0146. The number of rotatable bonds is 6. The smallest absolute Gasteiger partial charge is 0.315 e. The first-order valence-corrected chi connectivity index (χ1v) is 5.48. The molecule has 1 heterocycles. The summed E-state index contributed by atoms with van der Waals surface area (Å²) >= 11 is 0. The zero-order valence-electron chi connectivity index (χ0n) is 10.2. The monoisotopic (exact) mass is 256 g/mol. The van der Waals surface area contributed by atoms with E-state index in [2.05, 4.69) is 31.3 Å². The van der Waals surface area contributed by atoms with Crippen molar-refractivity contribution < 1.29 is 14.7 Å². The van der Waals surface area contributed by atoms with Crippen LogP contribution in [0.5, 0.6) is 0 Å². The Morgan fingerprint density at radius 2 is 2.17 bits per heavy atom. The van der Waals surface area contributed by atoms with Crippen molar-refractivity contribution in [1.82, 2.24) is 31.3 Å². The van der Waals surface area contributed by atoms with Gasteiger partial charge in [-0.2, -0.15) is 5.21 Å². The van der Waals surface area contributed by atoms with Gasteiger partial charge in [-0.3, -0.25) is 4.79 Å². The van der Waals surface area contributed by atoms with E-state index in [4.69, 9.17) is 5.11 Å². The number of nitrogens with one attached hydrogen (secondary N) is 3. The zero-order chi connectivity index (χ0) is 13.5. The quantitative estimate of drug-likeness (QED) is 0.550. The van der Waals surface area contributed by atoms with Crippen LogP contribution in [-0.4, -0.2) is 44.3 Å². The Morgan fingerprint density at radius 3 is 2.72 bits per heavy atom. The molecule has 0 bridgehead atoms. The second-order valence-corrected chi connectivity index (χ2v) is 4.05. The largest absolute Gasteiger partial charge is 0.481 e. The molecule has 100 valence electrons. The fourth-order valence-corrected chi connectivity index (χ4v) is 1.30. The van der Waals surface area contributed by atoms with Crippen LogP contribution in [0, 0.1) is 5.92 Å². The highest BCUT2D eigenvalue weighted by Crippen LogP contribution is 2.03. The number of carboxylic acid groups (broad SMARTS) is 1. The Hall–Kier alpha value is -2.19. The summed E-state index contributed by atoms with van der Waals surface area (Å²) in [6, 6.07) is -0.775. The van der Waals surface area contributed by atoms with Crippen LogP contribution in [0.3, 0.4) is 0 Å². The number of aromatic nitrogens is 4. The molecule has 2 unspecified atom stereocenters. The average Bonchev–Trinajstić information content (AvgIpc) is 2.78. The van der Waals surface area contributed by atoms with E-state index in [1.165, 1.54) is 0 Å². The van der Waals surface area contributed by atoms with Crippen LogP contribution in [0.15, 0.2) is 0 Å². The maximum absolute atomic E-state index is 11.5. The van der Waals surface area contributed by atoms with Gasteiger partial charge in [-0.25, -0.2) is 4.79 Å². The maximum atomic E-state index is 11.5. The molecule has 9 nitrogen and oxygen atoms in total. The molecule has 4 N–H and O–H groups in total. The predicted molar refractivity (Wildman–Crippen MR) is 60.5 cm³/mol. The molecule has 0 aliphatic carbocycles. The van der Waals surface area contributed by atoms with Crippen LogP contribution in [0.4, 0.5) is 4.79 Å². The third-order valence-electron chi connectivity index (χ3n) is 2.23. The molecular formula is C9H16N6O3. The van der Waals surface area contributed by atoms with E-state index in [0.29, 0.717) is 5.82 Å². The number of aliphatic carboxylic acids is 1. The van der Waals surface area contributed by atoms with E-state index in [1.807, 2.05) is 0 Å². The van der Waals surface area contributed by atoms with Crippen LogP contribution < -0.4 is 10.6 Å². The summed E-state index contributed by atoms with van der Waals surface area (Å²) in [6.45, 7) is 3.75. The van der Waals surface area contributed by atoms with Gasteiger partial charge in [-0.1, -0.05) is 12.1 Å². The van der Waals surface area contributed by atoms with Crippen molar-refractivity contribution in [3.8, 4) is 0 Å². The molecule has 0 aromatic carbocycles. The maximum Gasteiger partial charge on any atom is 0.315 e. The third-order valence-corrected chi connectivity index (χ3v) is 2.23. The van der Waals surface area contributed by atoms with Crippen LogP contribution >= 0.6 is 0 Å². The molecule has 9 heteroatoms. The molecular weight excluding hydrogens is 240 g/mol. The number of carbonyl (C=O) groups is 2. The van der Waals surface area contributed by atoms with Crippen molar-refractivity contribution in [2.24, 2.45) is 5.92 Å². The van der Waals surface area contributed by atoms with E-state index in [0.717, 1.165) is 0 Å². The summed E-state index contributed by atoms with van der Waals surface area (Å²) < 4.78 is 0. The molecule has 0 aliphatic heterocycles. The number of nitrogens with zero attached hydrogens (tertiary/aromatic N) is 3. The minimum absolute atomic E-state index is 0.0146. The summed E-state index contributed by atoms with van der Waals surface area (Å²) in [5, 5.41) is 26.9. The standard InChI is InChI=1S/C9H16N6O3/c1-5(3-7(16)17)4-10-9(18)11-6(2)8-12-14-15-13-8/h5-6H,3-4H2,1-2H3,(H,16,17)(H2,10,11,18)(H,12,13,14,15). The average molecular weight is 256 g/mol. The second kappa shape index (κ2) is 6.52. The lowest BCUT2D eigenvalue weighted by molar-refractivity contribution is -0.137. The van der Waals surface area contributed by atoms with Crippen LogP contribution in [0.2, 0.25) is 0 Å². The molecule has 2 atom stereocenters. The molecule has 1 aromatic rings. The Balaban J connectivity index is 2.27. The number of carbonyl (C=O) groups excluding carboxylic acids is 1. The van der Waals surface area contributed by atoms with Crippen LogP contribution in [0.1, 0.15) is 32.1 Å². The number of H-pyrrole nitrogens is 1. The fourth-order valence-electron chi connectivity index (χ4n) is 1.30. The predicted octanol–water partition coefficient (Wildman–Crippen LogP) is -0.329.